The van der Waals surface area contributed by atoms with E-state index < -0.39 is 11.9 Å². The SMILES string of the molecule is Cc1ccc(C)c(C(=O)N(C[C@H](C)C(=O)O)C2CC2)c1. The molecular formula is C16H21NO3. The van der Waals surface area contributed by atoms with Crippen LogP contribution in [0.2, 0.25) is 0 Å². The molecule has 0 bridgehead atoms. The summed E-state index contributed by atoms with van der Waals surface area (Å²) in [4.78, 5) is 25.4. The fourth-order valence-corrected chi connectivity index (χ4v) is 2.28. The predicted molar refractivity (Wildman–Crippen MR) is 76.8 cm³/mol. The van der Waals surface area contributed by atoms with Gasteiger partial charge in [-0.3, -0.25) is 9.59 Å². The highest BCUT2D eigenvalue weighted by Crippen LogP contribution is 2.29. The maximum Gasteiger partial charge on any atom is 0.308 e. The molecule has 1 aliphatic rings. The molecule has 20 heavy (non-hydrogen) atoms. The van der Waals surface area contributed by atoms with Crippen LogP contribution in [0.15, 0.2) is 18.2 Å². The number of aliphatic carboxylic acids is 1. The second-order valence-corrected chi connectivity index (χ2v) is 5.75. The Kier molecular flexibility index (Phi) is 4.12. The Morgan fingerprint density at radius 1 is 1.35 bits per heavy atom. The lowest BCUT2D eigenvalue weighted by Crippen LogP contribution is -2.38. The van der Waals surface area contributed by atoms with E-state index in [2.05, 4.69) is 0 Å². The van der Waals surface area contributed by atoms with Gasteiger partial charge in [-0.25, -0.2) is 0 Å². The van der Waals surface area contributed by atoms with E-state index in [9.17, 15) is 9.59 Å². The van der Waals surface area contributed by atoms with Gasteiger partial charge in [0.2, 0.25) is 0 Å². The molecule has 0 saturated heterocycles. The molecule has 0 spiro atoms. The van der Waals surface area contributed by atoms with E-state index in [1.807, 2.05) is 32.0 Å². The summed E-state index contributed by atoms with van der Waals surface area (Å²) < 4.78 is 0. The van der Waals surface area contributed by atoms with Gasteiger partial charge in [-0.05, 0) is 38.3 Å². The number of aryl methyl sites for hydroxylation is 2. The fourth-order valence-electron chi connectivity index (χ4n) is 2.28. The van der Waals surface area contributed by atoms with Crippen molar-refractivity contribution in [2.24, 2.45) is 5.92 Å². The zero-order valence-corrected chi connectivity index (χ0v) is 12.2. The van der Waals surface area contributed by atoms with Crippen LogP contribution in [0.4, 0.5) is 0 Å². The summed E-state index contributed by atoms with van der Waals surface area (Å²) in [5.74, 6) is -1.43. The van der Waals surface area contributed by atoms with Crippen LogP contribution in [0.3, 0.4) is 0 Å². The van der Waals surface area contributed by atoms with E-state index in [0.717, 1.165) is 24.0 Å². The number of hydrogen-bond donors (Lipinski definition) is 1. The Balaban J connectivity index is 2.23. The van der Waals surface area contributed by atoms with E-state index in [1.54, 1.807) is 11.8 Å². The third kappa shape index (κ3) is 3.18. The number of carboxylic acids is 1. The molecule has 0 radical (unpaired) electrons. The van der Waals surface area contributed by atoms with Gasteiger partial charge in [0.05, 0.1) is 5.92 Å². The number of benzene rings is 1. The zero-order valence-electron chi connectivity index (χ0n) is 12.2. The Hall–Kier alpha value is -1.84. The van der Waals surface area contributed by atoms with Gasteiger partial charge < -0.3 is 10.0 Å². The monoisotopic (exact) mass is 275 g/mol. The van der Waals surface area contributed by atoms with Crippen LogP contribution in [0.5, 0.6) is 0 Å². The van der Waals surface area contributed by atoms with Gasteiger partial charge in [-0.1, -0.05) is 24.6 Å². The van der Waals surface area contributed by atoms with Gasteiger partial charge in [0.15, 0.2) is 0 Å². The van der Waals surface area contributed by atoms with Crippen molar-refractivity contribution in [2.45, 2.75) is 39.7 Å². The topological polar surface area (TPSA) is 57.6 Å². The number of nitrogens with zero attached hydrogens (tertiary/aromatic N) is 1. The van der Waals surface area contributed by atoms with Gasteiger partial charge in [-0.15, -0.1) is 0 Å². The Morgan fingerprint density at radius 3 is 2.55 bits per heavy atom. The van der Waals surface area contributed by atoms with Crippen molar-refractivity contribution >= 4 is 11.9 Å². The normalized spacial score (nSPS) is 15.8. The number of amides is 1. The number of rotatable bonds is 5. The van der Waals surface area contributed by atoms with Gasteiger partial charge in [0.25, 0.3) is 5.91 Å². The first-order valence-electron chi connectivity index (χ1n) is 7.01. The molecule has 4 heteroatoms. The van der Waals surface area contributed by atoms with Crippen molar-refractivity contribution in [2.75, 3.05) is 6.54 Å². The minimum Gasteiger partial charge on any atom is -0.481 e. The maximum atomic E-state index is 12.7. The van der Waals surface area contributed by atoms with Crippen LogP contribution in [-0.4, -0.2) is 34.5 Å². The van der Waals surface area contributed by atoms with Crippen molar-refractivity contribution in [1.82, 2.24) is 4.90 Å². The first-order valence-corrected chi connectivity index (χ1v) is 7.01. The minimum absolute atomic E-state index is 0.0400. The lowest BCUT2D eigenvalue weighted by Gasteiger charge is -2.25. The van der Waals surface area contributed by atoms with E-state index in [0.29, 0.717) is 5.56 Å². The molecule has 108 valence electrons. The highest BCUT2D eigenvalue weighted by molar-refractivity contribution is 5.96. The molecule has 1 aromatic rings. The average molecular weight is 275 g/mol. The molecule has 2 rings (SSSR count). The zero-order chi connectivity index (χ0) is 14.9. The maximum absolute atomic E-state index is 12.7. The van der Waals surface area contributed by atoms with Gasteiger partial charge in [-0.2, -0.15) is 0 Å². The largest absolute Gasteiger partial charge is 0.481 e. The standard InChI is InChI=1S/C16H21NO3/c1-10-4-5-11(2)14(8-10)15(18)17(13-6-7-13)9-12(3)16(19)20/h4-5,8,12-13H,6-7,9H2,1-3H3,(H,19,20)/t12-/m0/s1. The highest BCUT2D eigenvalue weighted by atomic mass is 16.4. The van der Waals surface area contributed by atoms with E-state index in [-0.39, 0.29) is 18.5 Å². The number of carbonyl (C=O) groups excluding carboxylic acids is 1. The first-order chi connectivity index (χ1) is 9.40. The molecular weight excluding hydrogens is 254 g/mol. The smallest absolute Gasteiger partial charge is 0.308 e. The highest BCUT2D eigenvalue weighted by Gasteiger charge is 2.35. The fraction of sp³-hybridized carbons (Fsp3) is 0.500. The molecule has 1 fully saturated rings. The van der Waals surface area contributed by atoms with Crippen molar-refractivity contribution in [1.29, 1.82) is 0 Å². The van der Waals surface area contributed by atoms with Crippen LogP contribution in [-0.2, 0) is 4.79 Å². The summed E-state index contributed by atoms with van der Waals surface area (Å²) in [5, 5.41) is 9.05. The molecule has 4 nitrogen and oxygen atoms in total. The predicted octanol–water partition coefficient (Wildman–Crippen LogP) is 2.63. The summed E-state index contributed by atoms with van der Waals surface area (Å²) in [6.45, 7) is 5.80. The van der Waals surface area contributed by atoms with Crippen molar-refractivity contribution < 1.29 is 14.7 Å². The average Bonchev–Trinajstić information content (AvgIpc) is 3.22. The molecule has 1 atom stereocenters. The third-order valence-electron chi connectivity index (χ3n) is 3.76. The third-order valence-corrected chi connectivity index (χ3v) is 3.76. The second-order valence-electron chi connectivity index (χ2n) is 5.75. The van der Waals surface area contributed by atoms with Crippen molar-refractivity contribution in [3.63, 3.8) is 0 Å². The minimum atomic E-state index is -0.857. The van der Waals surface area contributed by atoms with Crippen LogP contribution in [0.25, 0.3) is 0 Å². The van der Waals surface area contributed by atoms with E-state index in [4.69, 9.17) is 5.11 Å². The summed E-state index contributed by atoms with van der Waals surface area (Å²) in [6.07, 6.45) is 1.95. The van der Waals surface area contributed by atoms with Crippen molar-refractivity contribution in [3.05, 3.63) is 34.9 Å². The molecule has 0 aromatic heterocycles. The van der Waals surface area contributed by atoms with Crippen LogP contribution >= 0.6 is 0 Å². The first kappa shape index (κ1) is 14.6. The lowest BCUT2D eigenvalue weighted by molar-refractivity contribution is -0.141. The molecule has 1 aliphatic carbocycles. The van der Waals surface area contributed by atoms with Gasteiger partial charge >= 0.3 is 5.97 Å². The number of carbonyl (C=O) groups is 2. The van der Waals surface area contributed by atoms with Crippen LogP contribution in [0, 0.1) is 19.8 Å². The lowest BCUT2D eigenvalue weighted by atomic mass is 10.0. The number of hydrogen-bond acceptors (Lipinski definition) is 2. The summed E-state index contributed by atoms with van der Waals surface area (Å²) in [5.41, 5.74) is 2.67. The van der Waals surface area contributed by atoms with Crippen LogP contribution in [0.1, 0.15) is 41.3 Å². The Labute approximate surface area is 119 Å². The van der Waals surface area contributed by atoms with Gasteiger partial charge in [0, 0.05) is 18.2 Å². The van der Waals surface area contributed by atoms with E-state index in [1.165, 1.54) is 0 Å². The molecule has 1 aromatic carbocycles. The molecule has 0 heterocycles. The van der Waals surface area contributed by atoms with Gasteiger partial charge in [0.1, 0.15) is 0 Å². The Morgan fingerprint density at radius 2 is 2.00 bits per heavy atom. The second kappa shape index (κ2) is 5.65. The number of carboxylic acid groups (broad SMARTS) is 1. The summed E-state index contributed by atoms with van der Waals surface area (Å²) >= 11 is 0. The summed E-state index contributed by atoms with van der Waals surface area (Å²) in [7, 11) is 0. The Bertz CT molecular complexity index is 535. The quantitative estimate of drug-likeness (QED) is 0.898. The summed E-state index contributed by atoms with van der Waals surface area (Å²) in [6, 6.07) is 6.02. The molecule has 1 N–H and O–H groups in total. The van der Waals surface area contributed by atoms with E-state index >= 15 is 0 Å². The molecule has 1 saturated carbocycles. The molecule has 0 unspecified atom stereocenters. The molecule has 0 aliphatic heterocycles. The molecule has 1 amide bonds. The van der Waals surface area contributed by atoms with Crippen LogP contribution < -0.4 is 0 Å². The van der Waals surface area contributed by atoms with Crippen molar-refractivity contribution in [3.8, 4) is 0 Å².